The molecular formula is C35H54N2O5. The third kappa shape index (κ3) is 13.3. The van der Waals surface area contributed by atoms with Crippen LogP contribution < -0.4 is 14.8 Å². The monoisotopic (exact) mass is 582 g/mol. The Kier molecular flexibility index (Phi) is 17.3. The summed E-state index contributed by atoms with van der Waals surface area (Å²) in [7, 11) is 3.00. The molecule has 0 aliphatic carbocycles. The van der Waals surface area contributed by atoms with Crippen molar-refractivity contribution in [3.63, 3.8) is 0 Å². The van der Waals surface area contributed by atoms with Gasteiger partial charge in [0.15, 0.2) is 0 Å². The van der Waals surface area contributed by atoms with Crippen LogP contribution in [0.25, 0.3) is 0 Å². The molecule has 0 bridgehead atoms. The van der Waals surface area contributed by atoms with Crippen LogP contribution in [0, 0.1) is 13.8 Å². The average molecular weight is 583 g/mol. The van der Waals surface area contributed by atoms with Gasteiger partial charge in [-0.05, 0) is 38.0 Å². The van der Waals surface area contributed by atoms with Gasteiger partial charge in [-0.1, -0.05) is 96.1 Å². The predicted octanol–water partition coefficient (Wildman–Crippen LogP) is 7.97. The first kappa shape index (κ1) is 35.1. The molecule has 1 aromatic heterocycles. The molecule has 42 heavy (non-hydrogen) atoms. The van der Waals surface area contributed by atoms with Crippen molar-refractivity contribution < 1.29 is 23.8 Å². The van der Waals surface area contributed by atoms with Crippen molar-refractivity contribution in [3.05, 3.63) is 52.8 Å². The van der Waals surface area contributed by atoms with Gasteiger partial charge < -0.3 is 19.5 Å². The maximum Gasteiger partial charge on any atom is 0.328 e. The van der Waals surface area contributed by atoms with E-state index in [4.69, 9.17) is 14.2 Å². The van der Waals surface area contributed by atoms with Crippen molar-refractivity contribution in [1.29, 1.82) is 0 Å². The lowest BCUT2D eigenvalue weighted by Crippen LogP contribution is -2.43. The van der Waals surface area contributed by atoms with Crippen LogP contribution in [0.2, 0.25) is 0 Å². The second-order valence-electron chi connectivity index (χ2n) is 11.3. The Morgan fingerprint density at radius 2 is 1.40 bits per heavy atom. The van der Waals surface area contributed by atoms with Crippen LogP contribution in [-0.4, -0.2) is 37.1 Å². The molecule has 1 amide bonds. The van der Waals surface area contributed by atoms with Gasteiger partial charge in [0, 0.05) is 30.2 Å². The molecule has 2 rings (SSSR count). The molecule has 0 unspecified atom stereocenters. The Balaban J connectivity index is 1.69. The number of pyridine rings is 1. The Bertz CT molecular complexity index is 1050. The molecule has 234 valence electrons. The summed E-state index contributed by atoms with van der Waals surface area (Å²) >= 11 is 0. The number of hydrogen-bond acceptors (Lipinski definition) is 6. The van der Waals surface area contributed by atoms with E-state index in [2.05, 4.69) is 17.2 Å². The molecule has 2 aromatic rings. The lowest BCUT2D eigenvalue weighted by molar-refractivity contribution is -0.145. The highest BCUT2D eigenvalue weighted by Gasteiger charge is 2.22. The summed E-state index contributed by atoms with van der Waals surface area (Å²) in [6, 6.07) is 6.81. The predicted molar refractivity (Wildman–Crippen MR) is 169 cm³/mol. The number of esters is 1. The zero-order valence-electron chi connectivity index (χ0n) is 26.8. The highest BCUT2D eigenvalue weighted by molar-refractivity contribution is 5.84. The summed E-state index contributed by atoms with van der Waals surface area (Å²) < 4.78 is 16.4. The Morgan fingerprint density at radius 3 is 1.95 bits per heavy atom. The smallest absolute Gasteiger partial charge is 0.328 e. The number of carbonyl (C=O) groups excluding carboxylic acids is 2. The first-order valence-electron chi connectivity index (χ1n) is 16.0. The van der Waals surface area contributed by atoms with Gasteiger partial charge >= 0.3 is 5.97 Å². The minimum atomic E-state index is -0.719. The summed E-state index contributed by atoms with van der Waals surface area (Å²) in [5, 5.41) is 2.88. The molecule has 1 heterocycles. The molecule has 0 fully saturated rings. The Morgan fingerprint density at radius 1 is 0.833 bits per heavy atom. The second-order valence-corrected chi connectivity index (χ2v) is 11.3. The van der Waals surface area contributed by atoms with Crippen molar-refractivity contribution in [2.75, 3.05) is 14.2 Å². The van der Waals surface area contributed by atoms with Crippen molar-refractivity contribution in [1.82, 2.24) is 10.3 Å². The summed E-state index contributed by atoms with van der Waals surface area (Å²) in [4.78, 5) is 29.5. The van der Waals surface area contributed by atoms with Crippen molar-refractivity contribution >= 4 is 11.9 Å². The first-order chi connectivity index (χ1) is 20.4. The fourth-order valence-corrected chi connectivity index (χ4v) is 5.23. The van der Waals surface area contributed by atoms with Crippen LogP contribution in [0.15, 0.2) is 30.5 Å². The van der Waals surface area contributed by atoms with E-state index in [1.165, 1.54) is 71.3 Å². The van der Waals surface area contributed by atoms with E-state index < -0.39 is 12.0 Å². The zero-order valence-corrected chi connectivity index (χ0v) is 26.8. The summed E-state index contributed by atoms with van der Waals surface area (Å²) in [6.07, 6.45) is 19.0. The number of aromatic nitrogens is 1. The molecule has 0 saturated carbocycles. The van der Waals surface area contributed by atoms with Gasteiger partial charge in [-0.25, -0.2) is 4.79 Å². The van der Waals surface area contributed by atoms with Crippen molar-refractivity contribution in [2.24, 2.45) is 0 Å². The van der Waals surface area contributed by atoms with Gasteiger partial charge in [0.1, 0.15) is 24.1 Å². The second kappa shape index (κ2) is 20.7. The third-order valence-electron chi connectivity index (χ3n) is 7.82. The van der Waals surface area contributed by atoms with E-state index in [0.717, 1.165) is 47.4 Å². The Labute approximate surface area is 254 Å². The molecule has 0 aliphatic heterocycles. The fourth-order valence-electron chi connectivity index (χ4n) is 5.23. The average Bonchev–Trinajstić information content (AvgIpc) is 2.99. The van der Waals surface area contributed by atoms with Crippen LogP contribution in [0.4, 0.5) is 0 Å². The number of carbonyl (C=O) groups is 2. The topological polar surface area (TPSA) is 86.8 Å². The maximum atomic E-state index is 12.6. The van der Waals surface area contributed by atoms with Crippen LogP contribution in [0.3, 0.4) is 0 Å². The normalized spacial score (nSPS) is 11.6. The molecule has 0 radical (unpaired) electrons. The molecule has 0 aliphatic rings. The minimum Gasteiger partial charge on any atom is -0.496 e. The molecule has 7 nitrogen and oxygen atoms in total. The number of aryl methyl sites for hydroxylation is 1. The number of nitrogens with one attached hydrogen (secondary N) is 1. The van der Waals surface area contributed by atoms with Gasteiger partial charge in [-0.2, -0.15) is 0 Å². The summed E-state index contributed by atoms with van der Waals surface area (Å²) in [6.45, 7) is 6.52. The van der Waals surface area contributed by atoms with Crippen molar-refractivity contribution in [3.8, 4) is 11.5 Å². The fraction of sp³-hybridized carbons (Fsp3) is 0.629. The SMILES string of the molecule is CCCCCCCCCCCCCCCC(=O)N[C@@H](Cc1ccc(OCc2ncc(C)c(OC)c2C)cc1)C(=O)OC. The number of ether oxygens (including phenoxy) is 3. The van der Waals surface area contributed by atoms with Gasteiger partial charge in [-0.15, -0.1) is 0 Å². The molecule has 1 aromatic carbocycles. The van der Waals surface area contributed by atoms with Gasteiger partial charge in [-0.3, -0.25) is 9.78 Å². The summed E-state index contributed by atoms with van der Waals surface area (Å²) in [5.74, 6) is 0.971. The van der Waals surface area contributed by atoms with Gasteiger partial charge in [0.2, 0.25) is 5.91 Å². The van der Waals surface area contributed by atoms with Crippen LogP contribution in [-0.2, 0) is 27.4 Å². The largest absolute Gasteiger partial charge is 0.496 e. The zero-order chi connectivity index (χ0) is 30.6. The minimum absolute atomic E-state index is 0.107. The summed E-state index contributed by atoms with van der Waals surface area (Å²) in [5.41, 5.74) is 3.67. The molecule has 7 heteroatoms. The highest BCUT2D eigenvalue weighted by atomic mass is 16.5. The number of amides is 1. The van der Waals surface area contributed by atoms with Gasteiger partial charge in [0.25, 0.3) is 0 Å². The maximum absolute atomic E-state index is 12.6. The number of benzene rings is 1. The van der Waals surface area contributed by atoms with Crippen LogP contribution in [0.1, 0.15) is 119 Å². The number of rotatable bonds is 22. The van der Waals surface area contributed by atoms with E-state index in [9.17, 15) is 9.59 Å². The van der Waals surface area contributed by atoms with E-state index in [-0.39, 0.29) is 5.91 Å². The number of nitrogens with zero attached hydrogens (tertiary/aromatic N) is 1. The van der Waals surface area contributed by atoms with E-state index in [0.29, 0.717) is 25.2 Å². The van der Waals surface area contributed by atoms with E-state index >= 15 is 0 Å². The third-order valence-corrected chi connectivity index (χ3v) is 7.82. The number of unbranched alkanes of at least 4 members (excludes halogenated alkanes) is 12. The quantitative estimate of drug-likeness (QED) is 0.112. The van der Waals surface area contributed by atoms with E-state index in [1.54, 1.807) is 13.3 Å². The molecule has 0 saturated heterocycles. The van der Waals surface area contributed by atoms with E-state index in [1.807, 2.05) is 38.1 Å². The Hall–Kier alpha value is -3.09. The van der Waals surface area contributed by atoms with Gasteiger partial charge in [0.05, 0.1) is 19.9 Å². The molecule has 0 spiro atoms. The standard InChI is InChI=1S/C35H54N2O5/c1-6-7-8-9-10-11-12-13-14-15-16-17-18-19-33(38)37-31(35(39)41-5)24-29-20-22-30(23-21-29)42-26-32-28(3)34(40-4)27(2)25-36-32/h20-23,25,31H,6-19,24,26H2,1-5H3,(H,37,38)/t31-/m0/s1. The van der Waals surface area contributed by atoms with Crippen LogP contribution in [0.5, 0.6) is 11.5 Å². The lowest BCUT2D eigenvalue weighted by Gasteiger charge is -2.17. The molecule has 1 N–H and O–H groups in total. The lowest BCUT2D eigenvalue weighted by atomic mass is 10.0. The first-order valence-corrected chi connectivity index (χ1v) is 16.0. The molecule has 1 atom stereocenters. The van der Waals surface area contributed by atoms with Crippen molar-refractivity contribution in [2.45, 2.75) is 130 Å². The number of methoxy groups -OCH3 is 2. The van der Waals surface area contributed by atoms with Crippen LogP contribution >= 0.6 is 0 Å². The highest BCUT2D eigenvalue weighted by Crippen LogP contribution is 2.25. The number of hydrogen-bond donors (Lipinski definition) is 1. The molecular weight excluding hydrogens is 528 g/mol.